The van der Waals surface area contributed by atoms with Crippen molar-refractivity contribution in [1.29, 1.82) is 0 Å². The molecule has 0 amide bonds. The predicted molar refractivity (Wildman–Crippen MR) is 54.7 cm³/mol. The van der Waals surface area contributed by atoms with E-state index in [1.54, 1.807) is 0 Å². The molecule has 2 nitrogen and oxygen atoms in total. The lowest BCUT2D eigenvalue weighted by Crippen LogP contribution is -1.97. The SMILES string of the molecule is Cc1ccc(NCN=C=S)cc1. The first-order valence-corrected chi connectivity index (χ1v) is 4.08. The highest BCUT2D eigenvalue weighted by atomic mass is 32.1. The summed E-state index contributed by atoms with van der Waals surface area (Å²) < 4.78 is 0. The van der Waals surface area contributed by atoms with E-state index in [0.717, 1.165) is 5.69 Å². The zero-order chi connectivity index (χ0) is 8.81. The number of nitrogens with zero attached hydrogens (tertiary/aromatic N) is 1. The molecule has 0 aliphatic rings. The van der Waals surface area contributed by atoms with E-state index in [0.29, 0.717) is 6.67 Å². The van der Waals surface area contributed by atoms with Gasteiger partial charge in [0, 0.05) is 5.69 Å². The summed E-state index contributed by atoms with van der Waals surface area (Å²) in [6, 6.07) is 8.11. The van der Waals surface area contributed by atoms with Crippen molar-refractivity contribution in [2.75, 3.05) is 12.0 Å². The van der Waals surface area contributed by atoms with Crippen LogP contribution >= 0.6 is 12.2 Å². The van der Waals surface area contributed by atoms with E-state index in [1.807, 2.05) is 24.3 Å². The van der Waals surface area contributed by atoms with Crippen molar-refractivity contribution in [1.82, 2.24) is 0 Å². The molecule has 0 unspecified atom stereocenters. The van der Waals surface area contributed by atoms with Crippen LogP contribution in [0.15, 0.2) is 29.3 Å². The van der Waals surface area contributed by atoms with Gasteiger partial charge in [0.2, 0.25) is 0 Å². The topological polar surface area (TPSA) is 24.4 Å². The van der Waals surface area contributed by atoms with Crippen LogP contribution in [0.4, 0.5) is 5.69 Å². The van der Waals surface area contributed by atoms with Gasteiger partial charge in [-0.1, -0.05) is 17.7 Å². The Labute approximate surface area is 77.3 Å². The summed E-state index contributed by atoms with van der Waals surface area (Å²) in [5, 5.41) is 5.37. The molecule has 0 heterocycles. The molecule has 0 bridgehead atoms. The number of aryl methyl sites for hydroxylation is 1. The molecule has 0 aromatic heterocycles. The van der Waals surface area contributed by atoms with Crippen LogP contribution in [0.2, 0.25) is 0 Å². The maximum absolute atomic E-state index is 4.43. The van der Waals surface area contributed by atoms with Crippen molar-refractivity contribution in [3.63, 3.8) is 0 Å². The summed E-state index contributed by atoms with van der Waals surface area (Å²) in [6.07, 6.45) is 0. The van der Waals surface area contributed by atoms with Gasteiger partial charge < -0.3 is 5.32 Å². The minimum absolute atomic E-state index is 0.493. The van der Waals surface area contributed by atoms with Crippen LogP contribution in [0.3, 0.4) is 0 Å². The van der Waals surface area contributed by atoms with Crippen LogP contribution in [-0.2, 0) is 0 Å². The molecule has 62 valence electrons. The van der Waals surface area contributed by atoms with E-state index < -0.39 is 0 Å². The first-order chi connectivity index (χ1) is 5.83. The highest BCUT2D eigenvalue weighted by Gasteiger charge is 1.87. The largest absolute Gasteiger partial charge is 0.366 e. The Morgan fingerprint density at radius 1 is 1.42 bits per heavy atom. The maximum atomic E-state index is 4.43. The second kappa shape index (κ2) is 4.65. The van der Waals surface area contributed by atoms with Crippen LogP contribution in [0, 0.1) is 6.92 Å². The van der Waals surface area contributed by atoms with E-state index in [1.165, 1.54) is 5.56 Å². The van der Waals surface area contributed by atoms with E-state index in [9.17, 15) is 0 Å². The predicted octanol–water partition coefficient (Wildman–Crippen LogP) is 2.47. The molecule has 0 radical (unpaired) electrons. The molecule has 0 aliphatic carbocycles. The fourth-order valence-electron chi connectivity index (χ4n) is 0.835. The second-order valence-electron chi connectivity index (χ2n) is 2.45. The summed E-state index contributed by atoms with van der Waals surface area (Å²) in [5.41, 5.74) is 2.30. The van der Waals surface area contributed by atoms with Gasteiger partial charge in [-0.3, -0.25) is 0 Å². The lowest BCUT2D eigenvalue weighted by atomic mass is 10.2. The van der Waals surface area contributed by atoms with Crippen LogP contribution < -0.4 is 5.32 Å². The molecule has 3 heteroatoms. The number of aliphatic imine (C=N–C) groups is 1. The Balaban J connectivity index is 2.53. The van der Waals surface area contributed by atoms with Gasteiger partial charge in [-0.25, -0.2) is 4.99 Å². The van der Waals surface area contributed by atoms with Crippen LogP contribution in [0.25, 0.3) is 0 Å². The molecular formula is C9H10N2S. The van der Waals surface area contributed by atoms with Crippen molar-refractivity contribution < 1.29 is 0 Å². The number of anilines is 1. The van der Waals surface area contributed by atoms with Gasteiger partial charge >= 0.3 is 0 Å². The van der Waals surface area contributed by atoms with Crippen molar-refractivity contribution >= 4 is 23.1 Å². The van der Waals surface area contributed by atoms with Crippen LogP contribution in [-0.4, -0.2) is 11.8 Å². The third kappa shape index (κ3) is 2.82. The average molecular weight is 178 g/mol. The van der Waals surface area contributed by atoms with Gasteiger partial charge in [0.25, 0.3) is 0 Å². The molecule has 0 fully saturated rings. The number of benzene rings is 1. The summed E-state index contributed by atoms with van der Waals surface area (Å²) in [7, 11) is 0. The Hall–Kier alpha value is -1.18. The lowest BCUT2D eigenvalue weighted by Gasteiger charge is -2.01. The fraction of sp³-hybridized carbons (Fsp3) is 0.222. The van der Waals surface area contributed by atoms with Crippen molar-refractivity contribution in [2.24, 2.45) is 4.99 Å². The molecular weight excluding hydrogens is 168 g/mol. The lowest BCUT2D eigenvalue weighted by molar-refractivity contribution is 1.15. The summed E-state index contributed by atoms with van der Waals surface area (Å²) in [4.78, 5) is 3.74. The number of hydrogen-bond acceptors (Lipinski definition) is 3. The Kier molecular flexibility index (Phi) is 3.45. The van der Waals surface area contributed by atoms with Gasteiger partial charge in [0.1, 0.15) is 6.67 Å². The molecule has 12 heavy (non-hydrogen) atoms. The smallest absolute Gasteiger partial charge is 0.118 e. The molecule has 0 saturated heterocycles. The van der Waals surface area contributed by atoms with Crippen molar-refractivity contribution in [2.45, 2.75) is 6.92 Å². The zero-order valence-corrected chi connectivity index (χ0v) is 7.69. The van der Waals surface area contributed by atoms with E-state index >= 15 is 0 Å². The number of nitrogens with one attached hydrogen (secondary N) is 1. The highest BCUT2D eigenvalue weighted by Crippen LogP contribution is 2.07. The maximum Gasteiger partial charge on any atom is 0.118 e. The molecule has 1 aromatic carbocycles. The van der Waals surface area contributed by atoms with Crippen molar-refractivity contribution in [3.05, 3.63) is 29.8 Å². The Bertz CT molecular complexity index is 286. The Morgan fingerprint density at radius 3 is 2.67 bits per heavy atom. The quantitative estimate of drug-likeness (QED) is 0.568. The van der Waals surface area contributed by atoms with Crippen molar-refractivity contribution in [3.8, 4) is 0 Å². The number of rotatable bonds is 3. The highest BCUT2D eigenvalue weighted by molar-refractivity contribution is 7.78. The molecule has 0 atom stereocenters. The summed E-state index contributed by atoms with van der Waals surface area (Å²) in [5.74, 6) is 0. The van der Waals surface area contributed by atoms with E-state index in [2.05, 4.69) is 34.6 Å². The third-order valence-corrected chi connectivity index (χ3v) is 1.61. The first-order valence-electron chi connectivity index (χ1n) is 3.67. The molecule has 1 N–H and O–H groups in total. The summed E-state index contributed by atoms with van der Waals surface area (Å²) in [6.45, 7) is 2.55. The van der Waals surface area contributed by atoms with Gasteiger partial charge in [-0.15, -0.1) is 0 Å². The zero-order valence-electron chi connectivity index (χ0n) is 6.87. The van der Waals surface area contributed by atoms with Gasteiger partial charge in [0.15, 0.2) is 0 Å². The Morgan fingerprint density at radius 2 is 2.08 bits per heavy atom. The number of thiocarbonyl (C=S) groups is 1. The monoisotopic (exact) mass is 178 g/mol. The third-order valence-electron chi connectivity index (χ3n) is 1.48. The summed E-state index contributed by atoms with van der Waals surface area (Å²) >= 11 is 4.43. The molecule has 1 rings (SSSR count). The van der Waals surface area contributed by atoms with Gasteiger partial charge in [-0.05, 0) is 31.3 Å². The number of hydrogen-bond donors (Lipinski definition) is 1. The minimum Gasteiger partial charge on any atom is -0.366 e. The first kappa shape index (κ1) is 8.91. The molecule has 0 saturated carbocycles. The van der Waals surface area contributed by atoms with E-state index in [4.69, 9.17) is 0 Å². The second-order valence-corrected chi connectivity index (χ2v) is 2.63. The fourth-order valence-corrected chi connectivity index (χ4v) is 0.899. The molecule has 0 spiro atoms. The van der Waals surface area contributed by atoms with Crippen LogP contribution in [0.5, 0.6) is 0 Å². The minimum atomic E-state index is 0.493. The van der Waals surface area contributed by atoms with Gasteiger partial charge in [0.05, 0.1) is 5.16 Å². The normalized spacial score (nSPS) is 8.75. The molecule has 1 aromatic rings. The van der Waals surface area contributed by atoms with Gasteiger partial charge in [-0.2, -0.15) is 0 Å². The molecule has 0 aliphatic heterocycles. The average Bonchev–Trinajstić information content (AvgIpc) is 2.09. The standard InChI is InChI=1S/C9H10N2S/c1-8-2-4-9(5-3-8)11-6-10-7-12/h2-5,11H,6H2,1H3. The number of isothiocyanates is 1. The van der Waals surface area contributed by atoms with Crippen LogP contribution in [0.1, 0.15) is 5.56 Å². The van der Waals surface area contributed by atoms with E-state index in [-0.39, 0.29) is 0 Å².